The third-order valence-electron chi connectivity index (χ3n) is 2.94. The Kier molecular flexibility index (Phi) is 3.58. The van der Waals surface area contributed by atoms with Crippen molar-refractivity contribution in [3.63, 3.8) is 0 Å². The first kappa shape index (κ1) is 11.9. The summed E-state index contributed by atoms with van der Waals surface area (Å²) in [5, 5.41) is 5.84. The number of halogens is 1. The number of rotatable bonds is 2. The number of nitrogen functional groups attached to an aromatic ring is 1. The molecule has 1 unspecified atom stereocenters. The van der Waals surface area contributed by atoms with E-state index in [9.17, 15) is 9.18 Å². The fraction of sp³-hybridized carbons (Fsp3) is 0.417. The van der Waals surface area contributed by atoms with Crippen molar-refractivity contribution in [3.05, 3.63) is 24.0 Å². The van der Waals surface area contributed by atoms with E-state index >= 15 is 0 Å². The van der Waals surface area contributed by atoms with E-state index in [1.165, 1.54) is 18.2 Å². The molecule has 4 nitrogen and oxygen atoms in total. The van der Waals surface area contributed by atoms with Crippen LogP contribution in [0.25, 0.3) is 0 Å². The number of hydrogen-bond donors (Lipinski definition) is 3. The Morgan fingerprint density at radius 2 is 2.35 bits per heavy atom. The molecule has 2 rings (SSSR count). The number of benzene rings is 1. The Balaban J connectivity index is 2.04. The molecule has 5 heteroatoms. The Morgan fingerprint density at radius 3 is 3.06 bits per heavy atom. The van der Waals surface area contributed by atoms with Gasteiger partial charge in [0.05, 0.1) is 17.3 Å². The summed E-state index contributed by atoms with van der Waals surface area (Å²) in [5.41, 5.74) is 6.40. The average Bonchev–Trinajstić information content (AvgIpc) is 2.35. The lowest BCUT2D eigenvalue weighted by atomic mass is 9.99. The van der Waals surface area contributed by atoms with Crippen molar-refractivity contribution < 1.29 is 9.18 Å². The van der Waals surface area contributed by atoms with E-state index in [1.54, 1.807) is 0 Å². The molecule has 0 aromatic heterocycles. The number of carbonyl (C=O) groups is 1. The van der Waals surface area contributed by atoms with Crippen molar-refractivity contribution in [1.82, 2.24) is 5.32 Å². The number of anilines is 2. The molecule has 1 atom stereocenters. The van der Waals surface area contributed by atoms with Crippen molar-refractivity contribution >= 4 is 17.3 Å². The molecule has 0 saturated carbocycles. The monoisotopic (exact) mass is 237 g/mol. The van der Waals surface area contributed by atoms with Gasteiger partial charge in [-0.3, -0.25) is 4.79 Å². The maximum Gasteiger partial charge on any atom is 0.228 e. The average molecular weight is 237 g/mol. The van der Waals surface area contributed by atoms with Crippen molar-refractivity contribution in [2.24, 2.45) is 5.92 Å². The second-order valence-corrected chi connectivity index (χ2v) is 4.26. The van der Waals surface area contributed by atoms with Gasteiger partial charge in [-0.2, -0.15) is 0 Å². The first-order chi connectivity index (χ1) is 8.16. The number of hydrogen-bond acceptors (Lipinski definition) is 3. The second-order valence-electron chi connectivity index (χ2n) is 4.26. The largest absolute Gasteiger partial charge is 0.397 e. The predicted molar refractivity (Wildman–Crippen MR) is 65.0 cm³/mol. The van der Waals surface area contributed by atoms with Crippen LogP contribution in [0.4, 0.5) is 15.8 Å². The van der Waals surface area contributed by atoms with E-state index in [1.807, 2.05) is 0 Å². The van der Waals surface area contributed by atoms with Crippen LogP contribution < -0.4 is 16.4 Å². The topological polar surface area (TPSA) is 67.1 Å². The zero-order chi connectivity index (χ0) is 12.3. The number of amides is 1. The molecule has 0 radical (unpaired) electrons. The zero-order valence-electron chi connectivity index (χ0n) is 9.50. The van der Waals surface area contributed by atoms with Gasteiger partial charge in [0.2, 0.25) is 5.91 Å². The van der Waals surface area contributed by atoms with Gasteiger partial charge in [0.25, 0.3) is 0 Å². The highest BCUT2D eigenvalue weighted by Crippen LogP contribution is 2.21. The Morgan fingerprint density at radius 1 is 1.53 bits per heavy atom. The third kappa shape index (κ3) is 2.94. The zero-order valence-corrected chi connectivity index (χ0v) is 9.50. The highest BCUT2D eigenvalue weighted by atomic mass is 19.1. The molecule has 17 heavy (non-hydrogen) atoms. The quantitative estimate of drug-likeness (QED) is 0.680. The van der Waals surface area contributed by atoms with Crippen LogP contribution in [0.2, 0.25) is 0 Å². The molecule has 4 N–H and O–H groups in total. The van der Waals surface area contributed by atoms with Gasteiger partial charge in [-0.1, -0.05) is 0 Å². The van der Waals surface area contributed by atoms with Crippen LogP contribution in [0, 0.1) is 11.7 Å². The van der Waals surface area contributed by atoms with Crippen molar-refractivity contribution in [2.45, 2.75) is 12.8 Å². The van der Waals surface area contributed by atoms with Gasteiger partial charge in [0.15, 0.2) is 0 Å². The minimum atomic E-state index is -0.406. The lowest BCUT2D eigenvalue weighted by molar-refractivity contribution is -0.120. The highest BCUT2D eigenvalue weighted by molar-refractivity contribution is 5.95. The van der Waals surface area contributed by atoms with E-state index < -0.39 is 5.82 Å². The van der Waals surface area contributed by atoms with E-state index in [0.717, 1.165) is 19.4 Å². The third-order valence-corrected chi connectivity index (χ3v) is 2.94. The Labute approximate surface area is 99.4 Å². The first-order valence-electron chi connectivity index (χ1n) is 5.73. The van der Waals surface area contributed by atoms with Crippen LogP contribution in [0.15, 0.2) is 18.2 Å². The van der Waals surface area contributed by atoms with Crippen LogP contribution in [0.3, 0.4) is 0 Å². The van der Waals surface area contributed by atoms with E-state index in [4.69, 9.17) is 5.73 Å². The van der Waals surface area contributed by atoms with Crippen molar-refractivity contribution in [2.75, 3.05) is 24.1 Å². The number of nitrogens with one attached hydrogen (secondary N) is 2. The second kappa shape index (κ2) is 5.14. The smallest absolute Gasteiger partial charge is 0.228 e. The van der Waals surface area contributed by atoms with Crippen molar-refractivity contribution in [3.8, 4) is 0 Å². The lowest BCUT2D eigenvalue weighted by Crippen LogP contribution is -2.37. The molecule has 0 bridgehead atoms. The molecule has 0 spiro atoms. The van der Waals surface area contributed by atoms with Gasteiger partial charge < -0.3 is 16.4 Å². The summed E-state index contributed by atoms with van der Waals surface area (Å²) >= 11 is 0. The molecule has 1 aliphatic heterocycles. The molecular formula is C12H16FN3O. The maximum absolute atomic E-state index is 13.0. The first-order valence-corrected chi connectivity index (χ1v) is 5.73. The van der Waals surface area contributed by atoms with Gasteiger partial charge >= 0.3 is 0 Å². The minimum Gasteiger partial charge on any atom is -0.397 e. The maximum atomic E-state index is 13.0. The van der Waals surface area contributed by atoms with E-state index in [2.05, 4.69) is 10.6 Å². The summed E-state index contributed by atoms with van der Waals surface area (Å²) in [6.45, 7) is 1.62. The van der Waals surface area contributed by atoms with Gasteiger partial charge in [0, 0.05) is 6.54 Å². The summed E-state index contributed by atoms with van der Waals surface area (Å²) in [4.78, 5) is 11.9. The summed E-state index contributed by atoms with van der Waals surface area (Å²) in [6, 6.07) is 3.96. The molecule has 92 valence electrons. The van der Waals surface area contributed by atoms with Crippen molar-refractivity contribution in [1.29, 1.82) is 0 Å². The molecule has 1 amide bonds. The lowest BCUT2D eigenvalue weighted by Gasteiger charge is -2.22. The van der Waals surface area contributed by atoms with Crippen LogP contribution in [-0.2, 0) is 4.79 Å². The van der Waals surface area contributed by atoms with Crippen LogP contribution in [0.5, 0.6) is 0 Å². The van der Waals surface area contributed by atoms with Crippen LogP contribution >= 0.6 is 0 Å². The molecule has 1 saturated heterocycles. The Bertz CT molecular complexity index is 416. The van der Waals surface area contributed by atoms with Crippen LogP contribution in [-0.4, -0.2) is 19.0 Å². The Hall–Kier alpha value is -1.62. The SMILES string of the molecule is Nc1ccc(F)cc1NC(=O)C1CCCNC1. The minimum absolute atomic E-state index is 0.0635. The molecule has 1 aromatic rings. The number of nitrogens with two attached hydrogens (primary N) is 1. The molecule has 0 aliphatic carbocycles. The van der Waals surface area contributed by atoms with Gasteiger partial charge in [-0.05, 0) is 37.6 Å². The number of carbonyl (C=O) groups excluding carboxylic acids is 1. The van der Waals surface area contributed by atoms with Gasteiger partial charge in [0.1, 0.15) is 5.82 Å². The molecule has 1 heterocycles. The summed E-state index contributed by atoms with van der Waals surface area (Å²) in [6.07, 6.45) is 1.84. The summed E-state index contributed by atoms with van der Waals surface area (Å²) in [7, 11) is 0. The fourth-order valence-electron chi connectivity index (χ4n) is 1.95. The highest BCUT2D eigenvalue weighted by Gasteiger charge is 2.21. The molecular weight excluding hydrogens is 221 g/mol. The predicted octanol–water partition coefficient (Wildman–Crippen LogP) is 1.35. The molecule has 1 aliphatic rings. The summed E-state index contributed by atoms with van der Waals surface area (Å²) < 4.78 is 13.0. The van der Waals surface area contributed by atoms with E-state index in [-0.39, 0.29) is 11.8 Å². The van der Waals surface area contributed by atoms with Gasteiger partial charge in [-0.15, -0.1) is 0 Å². The number of piperidine rings is 1. The van der Waals surface area contributed by atoms with Crippen LogP contribution in [0.1, 0.15) is 12.8 Å². The fourth-order valence-corrected chi connectivity index (χ4v) is 1.95. The van der Waals surface area contributed by atoms with E-state index in [0.29, 0.717) is 17.9 Å². The van der Waals surface area contributed by atoms with Gasteiger partial charge in [-0.25, -0.2) is 4.39 Å². The normalized spacial score (nSPS) is 19.9. The summed E-state index contributed by atoms with van der Waals surface area (Å²) in [5.74, 6) is -0.572. The molecule has 1 aromatic carbocycles. The molecule has 1 fully saturated rings. The standard InChI is InChI=1S/C12H16FN3O/c13-9-3-4-10(14)11(6-9)16-12(17)8-2-1-5-15-7-8/h3-4,6,8,15H,1-2,5,7,14H2,(H,16,17).